The molecule has 2 aromatic rings. The molecule has 2 aromatic carbocycles. The lowest BCUT2D eigenvalue weighted by atomic mass is 9.84. The Balaban J connectivity index is 1.63. The number of ether oxygens (including phenoxy) is 1. The minimum absolute atomic E-state index is 0.115. The summed E-state index contributed by atoms with van der Waals surface area (Å²) in [6.45, 7) is 5.55. The fourth-order valence-electron chi connectivity index (χ4n) is 4.13. The standard InChI is InChI=1S/C23H30N4O/c1-17-4-3-5-19(14-17)16-25-22-23(9-11-24-12-10-23)27-20-7-6-18(8-13-28-2)15-21(20)26-22/h3-7,14-15,24,27H,8-13,16H2,1-2H3,(H,25,26). The van der Waals surface area contributed by atoms with Gasteiger partial charge in [-0.1, -0.05) is 35.9 Å². The molecule has 0 unspecified atom stereocenters. The summed E-state index contributed by atoms with van der Waals surface area (Å²) in [4.78, 5) is 5.05. The molecule has 2 aliphatic heterocycles. The summed E-state index contributed by atoms with van der Waals surface area (Å²) in [5.74, 6) is 1.06. The van der Waals surface area contributed by atoms with Gasteiger partial charge in [0.2, 0.25) is 0 Å². The minimum Gasteiger partial charge on any atom is -0.384 e. The second-order valence-corrected chi connectivity index (χ2v) is 7.86. The molecule has 28 heavy (non-hydrogen) atoms. The number of amidine groups is 1. The first kappa shape index (κ1) is 19.0. The Morgan fingerprint density at radius 3 is 2.68 bits per heavy atom. The van der Waals surface area contributed by atoms with Crippen LogP contribution in [0, 0.1) is 6.92 Å². The number of benzene rings is 2. The predicted octanol–water partition coefficient (Wildman–Crippen LogP) is 3.74. The zero-order valence-electron chi connectivity index (χ0n) is 16.8. The van der Waals surface area contributed by atoms with Crippen molar-refractivity contribution < 1.29 is 4.74 Å². The van der Waals surface area contributed by atoms with Crippen LogP contribution in [0.5, 0.6) is 0 Å². The van der Waals surface area contributed by atoms with Gasteiger partial charge < -0.3 is 20.7 Å². The minimum atomic E-state index is -0.115. The topological polar surface area (TPSA) is 57.7 Å². The number of rotatable bonds is 5. The molecule has 1 fully saturated rings. The molecule has 0 atom stereocenters. The van der Waals surface area contributed by atoms with Crippen LogP contribution in [-0.2, 0) is 17.7 Å². The van der Waals surface area contributed by atoms with E-state index in [2.05, 4.69) is 65.3 Å². The number of fused-ring (bicyclic) bond motifs is 1. The van der Waals surface area contributed by atoms with E-state index >= 15 is 0 Å². The summed E-state index contributed by atoms with van der Waals surface area (Å²) in [6, 6.07) is 15.2. The van der Waals surface area contributed by atoms with Crippen LogP contribution in [0.2, 0.25) is 0 Å². The van der Waals surface area contributed by atoms with Crippen molar-refractivity contribution in [2.45, 2.75) is 38.3 Å². The highest BCUT2D eigenvalue weighted by atomic mass is 16.5. The van der Waals surface area contributed by atoms with E-state index in [-0.39, 0.29) is 5.54 Å². The molecule has 5 nitrogen and oxygen atoms in total. The molecule has 3 N–H and O–H groups in total. The average molecular weight is 379 g/mol. The molecule has 1 saturated heterocycles. The van der Waals surface area contributed by atoms with Crippen LogP contribution >= 0.6 is 0 Å². The third-order valence-electron chi connectivity index (χ3n) is 5.72. The summed E-state index contributed by atoms with van der Waals surface area (Å²) in [5, 5.41) is 11.0. The van der Waals surface area contributed by atoms with E-state index in [1.54, 1.807) is 7.11 Å². The number of hydrogen-bond acceptors (Lipinski definition) is 4. The number of nitrogens with zero attached hydrogens (tertiary/aromatic N) is 1. The first-order valence-electron chi connectivity index (χ1n) is 10.2. The van der Waals surface area contributed by atoms with Crippen molar-refractivity contribution in [3.63, 3.8) is 0 Å². The van der Waals surface area contributed by atoms with Gasteiger partial charge in [0.25, 0.3) is 0 Å². The SMILES string of the molecule is COCCc1ccc2c(c1)NC(=NCc1cccc(C)c1)C1(CCNCC1)N2. The number of aryl methyl sites for hydroxylation is 1. The zero-order valence-corrected chi connectivity index (χ0v) is 16.8. The number of methoxy groups -OCH3 is 1. The molecule has 2 heterocycles. The molecule has 0 aliphatic carbocycles. The Kier molecular flexibility index (Phi) is 5.64. The first-order chi connectivity index (χ1) is 13.7. The van der Waals surface area contributed by atoms with Crippen LogP contribution in [0.15, 0.2) is 47.5 Å². The van der Waals surface area contributed by atoms with Crippen LogP contribution in [0.4, 0.5) is 11.4 Å². The summed E-state index contributed by atoms with van der Waals surface area (Å²) >= 11 is 0. The Bertz CT molecular complexity index is 855. The van der Waals surface area contributed by atoms with Crippen LogP contribution in [0.3, 0.4) is 0 Å². The van der Waals surface area contributed by atoms with Crippen molar-refractivity contribution in [3.05, 3.63) is 59.2 Å². The number of hydrogen-bond donors (Lipinski definition) is 3. The third-order valence-corrected chi connectivity index (χ3v) is 5.72. The van der Waals surface area contributed by atoms with Crippen LogP contribution in [0.25, 0.3) is 0 Å². The van der Waals surface area contributed by atoms with Crippen molar-refractivity contribution in [1.82, 2.24) is 5.32 Å². The Labute approximate surface area is 167 Å². The molecule has 5 heteroatoms. The highest BCUT2D eigenvalue weighted by molar-refractivity contribution is 6.09. The van der Waals surface area contributed by atoms with Gasteiger partial charge in [-0.25, -0.2) is 0 Å². The lowest BCUT2D eigenvalue weighted by molar-refractivity contribution is 0.202. The quantitative estimate of drug-likeness (QED) is 0.742. The van der Waals surface area contributed by atoms with E-state index in [9.17, 15) is 0 Å². The number of nitrogens with one attached hydrogen (secondary N) is 3. The summed E-state index contributed by atoms with van der Waals surface area (Å²) in [5.41, 5.74) is 5.96. The summed E-state index contributed by atoms with van der Waals surface area (Å²) < 4.78 is 5.23. The molecule has 0 radical (unpaired) electrons. The molecule has 1 spiro atoms. The highest BCUT2D eigenvalue weighted by Crippen LogP contribution is 2.36. The molecular formula is C23H30N4O. The van der Waals surface area contributed by atoms with Gasteiger partial charge in [0, 0.05) is 7.11 Å². The van der Waals surface area contributed by atoms with E-state index < -0.39 is 0 Å². The van der Waals surface area contributed by atoms with Crippen molar-refractivity contribution >= 4 is 17.2 Å². The van der Waals surface area contributed by atoms with Crippen molar-refractivity contribution in [2.75, 3.05) is 37.4 Å². The number of anilines is 2. The van der Waals surface area contributed by atoms with E-state index in [1.807, 2.05) is 0 Å². The van der Waals surface area contributed by atoms with Gasteiger partial charge in [0.1, 0.15) is 5.84 Å². The molecule has 148 valence electrons. The van der Waals surface area contributed by atoms with Crippen molar-refractivity contribution in [3.8, 4) is 0 Å². The second-order valence-electron chi connectivity index (χ2n) is 7.86. The maximum atomic E-state index is 5.23. The maximum absolute atomic E-state index is 5.23. The summed E-state index contributed by atoms with van der Waals surface area (Å²) in [7, 11) is 1.75. The van der Waals surface area contributed by atoms with Gasteiger partial charge in [-0.15, -0.1) is 0 Å². The molecule has 2 aliphatic rings. The lowest BCUT2D eigenvalue weighted by Crippen LogP contribution is -2.57. The first-order valence-corrected chi connectivity index (χ1v) is 10.2. The van der Waals surface area contributed by atoms with Gasteiger partial charge in [0.15, 0.2) is 0 Å². The van der Waals surface area contributed by atoms with Gasteiger partial charge >= 0.3 is 0 Å². The van der Waals surface area contributed by atoms with E-state index in [1.165, 1.54) is 16.7 Å². The predicted molar refractivity (Wildman–Crippen MR) is 116 cm³/mol. The van der Waals surface area contributed by atoms with Gasteiger partial charge in [0.05, 0.1) is 30.1 Å². The van der Waals surface area contributed by atoms with Gasteiger partial charge in [-0.3, -0.25) is 4.99 Å². The fraction of sp³-hybridized carbons (Fsp3) is 0.435. The molecule has 0 amide bonds. The largest absolute Gasteiger partial charge is 0.384 e. The van der Waals surface area contributed by atoms with Gasteiger partial charge in [-0.2, -0.15) is 0 Å². The third kappa shape index (κ3) is 4.05. The van der Waals surface area contributed by atoms with Crippen molar-refractivity contribution in [1.29, 1.82) is 0 Å². The normalized spacial score (nSPS) is 19.1. The average Bonchev–Trinajstić information content (AvgIpc) is 2.71. The molecule has 4 rings (SSSR count). The monoisotopic (exact) mass is 378 g/mol. The van der Waals surface area contributed by atoms with Gasteiger partial charge in [-0.05, 0) is 62.5 Å². The maximum Gasteiger partial charge on any atom is 0.127 e. The Hall–Kier alpha value is -2.37. The number of aliphatic imine (C=N–C) groups is 1. The zero-order chi connectivity index (χ0) is 19.4. The number of piperidine rings is 1. The fourth-order valence-corrected chi connectivity index (χ4v) is 4.13. The van der Waals surface area contributed by atoms with Crippen LogP contribution in [-0.4, -0.2) is 38.2 Å². The Morgan fingerprint density at radius 2 is 1.89 bits per heavy atom. The Morgan fingerprint density at radius 1 is 1.04 bits per heavy atom. The second kappa shape index (κ2) is 8.33. The van der Waals surface area contributed by atoms with Crippen LogP contribution < -0.4 is 16.0 Å². The summed E-state index contributed by atoms with van der Waals surface area (Å²) in [6.07, 6.45) is 2.96. The molecule has 0 aromatic heterocycles. The smallest absolute Gasteiger partial charge is 0.127 e. The molecular weight excluding hydrogens is 348 g/mol. The molecule has 0 bridgehead atoms. The van der Waals surface area contributed by atoms with E-state index in [0.29, 0.717) is 6.54 Å². The van der Waals surface area contributed by atoms with Crippen LogP contribution in [0.1, 0.15) is 29.5 Å². The molecule has 0 saturated carbocycles. The lowest BCUT2D eigenvalue weighted by Gasteiger charge is -2.44. The van der Waals surface area contributed by atoms with E-state index in [0.717, 1.165) is 56.2 Å². The highest BCUT2D eigenvalue weighted by Gasteiger charge is 2.40. The van der Waals surface area contributed by atoms with E-state index in [4.69, 9.17) is 9.73 Å². The van der Waals surface area contributed by atoms with Crippen molar-refractivity contribution in [2.24, 2.45) is 4.99 Å².